The Morgan fingerprint density at radius 1 is 1.22 bits per heavy atom. The van der Waals surface area contributed by atoms with E-state index in [9.17, 15) is 5.11 Å². The number of rotatable bonds is 4. The van der Waals surface area contributed by atoms with Crippen LogP contribution < -0.4 is 0 Å². The Morgan fingerprint density at radius 3 is 2.61 bits per heavy atom. The zero-order valence-corrected chi connectivity index (χ0v) is 11.5. The minimum atomic E-state index is -0.531. The van der Waals surface area contributed by atoms with Crippen molar-refractivity contribution in [2.24, 2.45) is 0 Å². The molecule has 1 N–H and O–H groups in total. The van der Waals surface area contributed by atoms with E-state index < -0.39 is 5.60 Å². The highest BCUT2D eigenvalue weighted by molar-refractivity contribution is 5.14. The zero-order valence-electron chi connectivity index (χ0n) is 11.5. The Labute approximate surface area is 110 Å². The highest BCUT2D eigenvalue weighted by Crippen LogP contribution is 2.35. The molecular weight excluding hydrogens is 224 g/mol. The highest BCUT2D eigenvalue weighted by Gasteiger charge is 2.38. The SMILES string of the molecule is CC1(C)CC(O)(CCCc2ccccc2)CCO1. The minimum absolute atomic E-state index is 0.181. The summed E-state index contributed by atoms with van der Waals surface area (Å²) >= 11 is 0. The molecular formula is C16H24O2. The number of aliphatic hydroxyl groups is 1. The van der Waals surface area contributed by atoms with Crippen LogP contribution in [-0.2, 0) is 11.2 Å². The molecule has 0 spiro atoms. The van der Waals surface area contributed by atoms with E-state index in [-0.39, 0.29) is 5.60 Å². The fourth-order valence-corrected chi connectivity index (χ4v) is 2.93. The fraction of sp³-hybridized carbons (Fsp3) is 0.625. The van der Waals surface area contributed by atoms with Crippen LogP contribution in [0.1, 0.15) is 45.1 Å². The lowest BCUT2D eigenvalue weighted by atomic mass is 9.81. The van der Waals surface area contributed by atoms with E-state index >= 15 is 0 Å². The number of benzene rings is 1. The van der Waals surface area contributed by atoms with Crippen molar-refractivity contribution in [3.63, 3.8) is 0 Å². The van der Waals surface area contributed by atoms with Crippen molar-refractivity contribution in [1.29, 1.82) is 0 Å². The van der Waals surface area contributed by atoms with Gasteiger partial charge in [-0.1, -0.05) is 30.3 Å². The summed E-state index contributed by atoms with van der Waals surface area (Å²) in [6.45, 7) is 4.80. The van der Waals surface area contributed by atoms with Gasteiger partial charge in [0.1, 0.15) is 0 Å². The van der Waals surface area contributed by atoms with Gasteiger partial charge in [0, 0.05) is 6.42 Å². The van der Waals surface area contributed by atoms with Crippen molar-refractivity contribution in [1.82, 2.24) is 0 Å². The monoisotopic (exact) mass is 248 g/mol. The molecule has 0 bridgehead atoms. The number of hydrogen-bond donors (Lipinski definition) is 1. The molecule has 0 aliphatic carbocycles. The van der Waals surface area contributed by atoms with Crippen LogP contribution in [0.5, 0.6) is 0 Å². The number of hydrogen-bond acceptors (Lipinski definition) is 2. The molecule has 1 aliphatic rings. The molecule has 1 heterocycles. The van der Waals surface area contributed by atoms with Crippen molar-refractivity contribution in [3.8, 4) is 0 Å². The summed E-state index contributed by atoms with van der Waals surface area (Å²) < 4.78 is 5.67. The second-order valence-electron chi connectivity index (χ2n) is 6.10. The molecule has 1 saturated heterocycles. The third kappa shape index (κ3) is 3.82. The van der Waals surface area contributed by atoms with Crippen LogP contribution in [0.2, 0.25) is 0 Å². The normalized spacial score (nSPS) is 27.1. The summed E-state index contributed by atoms with van der Waals surface area (Å²) in [4.78, 5) is 0. The molecule has 18 heavy (non-hydrogen) atoms. The summed E-state index contributed by atoms with van der Waals surface area (Å²) in [7, 11) is 0. The first-order valence-corrected chi connectivity index (χ1v) is 6.89. The zero-order chi connectivity index (χ0) is 13.1. The number of ether oxygens (including phenoxy) is 1. The van der Waals surface area contributed by atoms with Crippen LogP contribution >= 0.6 is 0 Å². The van der Waals surface area contributed by atoms with Gasteiger partial charge in [0.25, 0.3) is 0 Å². The lowest BCUT2D eigenvalue weighted by Crippen LogP contribution is -2.45. The average molecular weight is 248 g/mol. The van der Waals surface area contributed by atoms with E-state index in [1.165, 1.54) is 5.56 Å². The van der Waals surface area contributed by atoms with E-state index in [4.69, 9.17) is 4.74 Å². The second-order valence-corrected chi connectivity index (χ2v) is 6.10. The third-order valence-corrected chi connectivity index (χ3v) is 3.77. The Kier molecular flexibility index (Phi) is 4.08. The van der Waals surface area contributed by atoms with Gasteiger partial charge in [-0.2, -0.15) is 0 Å². The van der Waals surface area contributed by atoms with Gasteiger partial charge >= 0.3 is 0 Å². The standard InChI is InChI=1S/C16H24O2/c1-15(2)13-16(17,11-12-18-15)10-6-9-14-7-4-3-5-8-14/h3-5,7-8,17H,6,9-13H2,1-2H3. The quantitative estimate of drug-likeness (QED) is 0.885. The Balaban J connectivity index is 1.82. The molecule has 100 valence electrons. The van der Waals surface area contributed by atoms with Crippen molar-refractivity contribution in [3.05, 3.63) is 35.9 Å². The first kappa shape index (κ1) is 13.6. The summed E-state index contributed by atoms with van der Waals surface area (Å²) in [5.41, 5.74) is 0.642. The van der Waals surface area contributed by atoms with Crippen LogP contribution in [0.4, 0.5) is 0 Å². The molecule has 1 fully saturated rings. The predicted molar refractivity (Wildman–Crippen MR) is 73.6 cm³/mol. The molecule has 1 aromatic rings. The van der Waals surface area contributed by atoms with Crippen LogP contribution in [-0.4, -0.2) is 22.9 Å². The van der Waals surface area contributed by atoms with Crippen LogP contribution in [0.3, 0.4) is 0 Å². The second kappa shape index (κ2) is 5.41. The largest absolute Gasteiger partial charge is 0.390 e. The van der Waals surface area contributed by atoms with Gasteiger partial charge in [-0.15, -0.1) is 0 Å². The molecule has 2 heteroatoms. The smallest absolute Gasteiger partial charge is 0.0697 e. The summed E-state index contributed by atoms with van der Waals surface area (Å²) in [5, 5.41) is 10.6. The Morgan fingerprint density at radius 2 is 1.94 bits per heavy atom. The Bertz CT molecular complexity index is 372. The maximum atomic E-state index is 10.6. The third-order valence-electron chi connectivity index (χ3n) is 3.77. The summed E-state index contributed by atoms with van der Waals surface area (Å²) in [6, 6.07) is 10.5. The Hall–Kier alpha value is -0.860. The molecule has 1 aromatic carbocycles. The van der Waals surface area contributed by atoms with Crippen LogP contribution in [0.15, 0.2) is 30.3 Å². The maximum absolute atomic E-state index is 10.6. The van der Waals surface area contributed by atoms with Gasteiger partial charge in [-0.05, 0) is 45.1 Å². The molecule has 2 nitrogen and oxygen atoms in total. The maximum Gasteiger partial charge on any atom is 0.0697 e. The van der Waals surface area contributed by atoms with Gasteiger partial charge in [-0.3, -0.25) is 0 Å². The molecule has 2 rings (SSSR count). The van der Waals surface area contributed by atoms with Crippen molar-refractivity contribution >= 4 is 0 Å². The molecule has 0 radical (unpaired) electrons. The lowest BCUT2D eigenvalue weighted by Gasteiger charge is -2.41. The van der Waals surface area contributed by atoms with E-state index in [2.05, 4.69) is 38.1 Å². The topological polar surface area (TPSA) is 29.5 Å². The van der Waals surface area contributed by atoms with E-state index in [0.29, 0.717) is 6.61 Å². The first-order chi connectivity index (χ1) is 8.49. The van der Waals surface area contributed by atoms with Gasteiger partial charge in [-0.25, -0.2) is 0 Å². The van der Waals surface area contributed by atoms with Crippen LogP contribution in [0.25, 0.3) is 0 Å². The van der Waals surface area contributed by atoms with Crippen LogP contribution in [0, 0.1) is 0 Å². The highest BCUT2D eigenvalue weighted by atomic mass is 16.5. The van der Waals surface area contributed by atoms with Gasteiger partial charge in [0.05, 0.1) is 17.8 Å². The predicted octanol–water partition coefficient (Wildman–Crippen LogP) is 3.33. The molecule has 0 aromatic heterocycles. The van der Waals surface area contributed by atoms with Gasteiger partial charge < -0.3 is 9.84 Å². The molecule has 1 aliphatic heterocycles. The molecule has 0 saturated carbocycles. The molecule has 1 atom stereocenters. The van der Waals surface area contributed by atoms with Gasteiger partial charge in [0.2, 0.25) is 0 Å². The number of aryl methyl sites for hydroxylation is 1. The van der Waals surface area contributed by atoms with Crippen molar-refractivity contribution in [2.75, 3.05) is 6.61 Å². The lowest BCUT2D eigenvalue weighted by molar-refractivity contribution is -0.146. The molecule has 0 amide bonds. The molecule has 1 unspecified atom stereocenters. The average Bonchev–Trinajstić information content (AvgIpc) is 2.28. The van der Waals surface area contributed by atoms with Crippen molar-refractivity contribution in [2.45, 2.75) is 57.2 Å². The summed E-state index contributed by atoms with van der Waals surface area (Å²) in [5.74, 6) is 0. The first-order valence-electron chi connectivity index (χ1n) is 6.89. The fourth-order valence-electron chi connectivity index (χ4n) is 2.93. The van der Waals surface area contributed by atoms with E-state index in [0.717, 1.165) is 32.1 Å². The van der Waals surface area contributed by atoms with E-state index in [1.807, 2.05) is 6.07 Å². The van der Waals surface area contributed by atoms with Gasteiger partial charge in [0.15, 0.2) is 0 Å². The van der Waals surface area contributed by atoms with Crippen molar-refractivity contribution < 1.29 is 9.84 Å². The van der Waals surface area contributed by atoms with E-state index in [1.54, 1.807) is 0 Å². The minimum Gasteiger partial charge on any atom is -0.390 e. The summed E-state index contributed by atoms with van der Waals surface area (Å²) in [6.07, 6.45) is 4.47.